The van der Waals surface area contributed by atoms with E-state index < -0.39 is 0 Å². The summed E-state index contributed by atoms with van der Waals surface area (Å²) in [4.78, 5) is 23.6. The van der Waals surface area contributed by atoms with E-state index in [1.54, 1.807) is 20.3 Å². The van der Waals surface area contributed by atoms with E-state index in [0.29, 0.717) is 17.9 Å². The first-order chi connectivity index (χ1) is 9.62. The predicted molar refractivity (Wildman–Crippen MR) is 73.8 cm³/mol. The van der Waals surface area contributed by atoms with Crippen molar-refractivity contribution in [1.82, 2.24) is 5.32 Å². The maximum atomic E-state index is 12.0. The summed E-state index contributed by atoms with van der Waals surface area (Å²) in [7, 11) is 3.13. The number of rotatable bonds is 4. The van der Waals surface area contributed by atoms with Crippen LogP contribution in [0.1, 0.15) is 31.2 Å². The number of carbonyl (C=O) groups is 2. The van der Waals surface area contributed by atoms with Gasteiger partial charge in [0, 0.05) is 23.8 Å². The fraction of sp³-hybridized carbons (Fsp3) is 0.467. The van der Waals surface area contributed by atoms with Gasteiger partial charge in [-0.15, -0.1) is 0 Å². The van der Waals surface area contributed by atoms with Crippen LogP contribution in [0.15, 0.2) is 18.2 Å². The number of methoxy groups -OCH3 is 2. The molecule has 2 amide bonds. The molecule has 20 heavy (non-hydrogen) atoms. The Balaban J connectivity index is 2.47. The summed E-state index contributed by atoms with van der Waals surface area (Å²) in [6.07, 6.45) is 0.956. The van der Waals surface area contributed by atoms with Gasteiger partial charge in [0.15, 0.2) is 11.5 Å². The predicted octanol–water partition coefficient (Wildman–Crippen LogP) is 1.86. The largest absolute Gasteiger partial charge is 0.493 e. The van der Waals surface area contributed by atoms with Gasteiger partial charge in [0.05, 0.1) is 14.2 Å². The third-order valence-corrected chi connectivity index (χ3v) is 3.76. The van der Waals surface area contributed by atoms with Gasteiger partial charge in [0.1, 0.15) is 0 Å². The maximum Gasteiger partial charge on any atom is 0.230 e. The standard InChI is InChI=1S/C15H19NO4/c1-4-9-11(8-13(17)16-15(9)18)10-6-5-7-12(19-2)14(10)20-3/h5-7,9,11H,4,8H2,1-3H3,(H,16,17,18). The topological polar surface area (TPSA) is 64.6 Å². The van der Waals surface area contributed by atoms with Crippen molar-refractivity contribution in [3.8, 4) is 11.5 Å². The molecule has 5 nitrogen and oxygen atoms in total. The number of piperidine rings is 1. The molecule has 2 rings (SSSR count). The molecule has 5 heteroatoms. The van der Waals surface area contributed by atoms with E-state index in [0.717, 1.165) is 5.56 Å². The lowest BCUT2D eigenvalue weighted by atomic mass is 9.78. The van der Waals surface area contributed by atoms with Crippen LogP contribution in [0.3, 0.4) is 0 Å². The van der Waals surface area contributed by atoms with Gasteiger partial charge in [0.2, 0.25) is 11.8 Å². The quantitative estimate of drug-likeness (QED) is 0.853. The maximum absolute atomic E-state index is 12.0. The molecule has 2 unspecified atom stereocenters. The van der Waals surface area contributed by atoms with Crippen molar-refractivity contribution in [3.05, 3.63) is 23.8 Å². The second kappa shape index (κ2) is 5.94. The minimum absolute atomic E-state index is 0.175. The Bertz CT molecular complexity index is 527. The molecule has 1 aliphatic heterocycles. The summed E-state index contributed by atoms with van der Waals surface area (Å²) in [5.74, 6) is 0.354. The molecule has 0 radical (unpaired) electrons. The average Bonchev–Trinajstić information content (AvgIpc) is 2.45. The van der Waals surface area contributed by atoms with Crippen molar-refractivity contribution in [2.75, 3.05) is 14.2 Å². The zero-order valence-corrected chi connectivity index (χ0v) is 11.9. The van der Waals surface area contributed by atoms with Crippen molar-refractivity contribution in [3.63, 3.8) is 0 Å². The molecule has 0 bridgehead atoms. The number of hydrogen-bond donors (Lipinski definition) is 1. The van der Waals surface area contributed by atoms with E-state index in [9.17, 15) is 9.59 Å². The van der Waals surface area contributed by atoms with Crippen molar-refractivity contribution in [2.45, 2.75) is 25.7 Å². The van der Waals surface area contributed by atoms with Crippen LogP contribution in [0.2, 0.25) is 0 Å². The van der Waals surface area contributed by atoms with Gasteiger partial charge >= 0.3 is 0 Å². The molecule has 108 valence electrons. The monoisotopic (exact) mass is 277 g/mol. The zero-order valence-electron chi connectivity index (χ0n) is 11.9. The summed E-state index contributed by atoms with van der Waals surface area (Å²) in [5, 5.41) is 2.40. The number of para-hydroxylation sites is 1. The highest BCUT2D eigenvalue weighted by Crippen LogP contribution is 2.42. The van der Waals surface area contributed by atoms with Crippen molar-refractivity contribution in [2.24, 2.45) is 5.92 Å². The number of benzene rings is 1. The second-order valence-corrected chi connectivity index (χ2v) is 4.82. The molecule has 1 aliphatic rings. The summed E-state index contributed by atoms with van der Waals surface area (Å²) in [6, 6.07) is 5.54. The Labute approximate surface area is 118 Å². The minimum Gasteiger partial charge on any atom is -0.493 e. The highest BCUT2D eigenvalue weighted by Gasteiger charge is 2.37. The minimum atomic E-state index is -0.241. The fourth-order valence-electron chi connectivity index (χ4n) is 2.81. The molecule has 1 aromatic rings. The van der Waals surface area contributed by atoms with Crippen LogP contribution in [-0.2, 0) is 9.59 Å². The summed E-state index contributed by atoms with van der Waals surface area (Å²) in [5.41, 5.74) is 0.849. The molecule has 0 spiro atoms. The van der Waals surface area contributed by atoms with Crippen LogP contribution in [-0.4, -0.2) is 26.0 Å². The van der Waals surface area contributed by atoms with Crippen LogP contribution < -0.4 is 14.8 Å². The molecular weight excluding hydrogens is 258 g/mol. The van der Waals surface area contributed by atoms with Crippen LogP contribution in [0.5, 0.6) is 11.5 Å². The second-order valence-electron chi connectivity index (χ2n) is 4.82. The highest BCUT2D eigenvalue weighted by atomic mass is 16.5. The Hall–Kier alpha value is -2.04. The molecule has 1 N–H and O–H groups in total. The van der Waals surface area contributed by atoms with Crippen LogP contribution in [0.25, 0.3) is 0 Å². The molecule has 0 aromatic heterocycles. The first-order valence-corrected chi connectivity index (χ1v) is 6.66. The molecule has 1 saturated heterocycles. The van der Waals surface area contributed by atoms with E-state index in [1.807, 2.05) is 19.1 Å². The lowest BCUT2D eigenvalue weighted by Crippen LogP contribution is -2.44. The lowest BCUT2D eigenvalue weighted by molar-refractivity contribution is -0.137. The summed E-state index contributed by atoms with van der Waals surface area (Å²) < 4.78 is 10.7. The van der Waals surface area contributed by atoms with Crippen LogP contribution in [0.4, 0.5) is 0 Å². The van der Waals surface area contributed by atoms with Gasteiger partial charge < -0.3 is 9.47 Å². The van der Waals surface area contributed by atoms with Gasteiger partial charge in [-0.05, 0) is 12.5 Å². The van der Waals surface area contributed by atoms with Gasteiger partial charge in [-0.2, -0.15) is 0 Å². The molecule has 1 fully saturated rings. The van der Waals surface area contributed by atoms with Gasteiger partial charge in [0.25, 0.3) is 0 Å². The molecule has 0 saturated carbocycles. The van der Waals surface area contributed by atoms with E-state index in [-0.39, 0.29) is 30.1 Å². The Morgan fingerprint density at radius 2 is 2.00 bits per heavy atom. The molecule has 2 atom stereocenters. The zero-order chi connectivity index (χ0) is 14.7. The number of carbonyl (C=O) groups excluding carboxylic acids is 2. The van der Waals surface area contributed by atoms with E-state index in [2.05, 4.69) is 5.32 Å². The SMILES string of the molecule is CCC1C(=O)NC(=O)CC1c1cccc(OC)c1OC. The Morgan fingerprint density at radius 1 is 1.25 bits per heavy atom. The van der Waals surface area contributed by atoms with Crippen LogP contribution >= 0.6 is 0 Å². The first kappa shape index (κ1) is 14.4. The van der Waals surface area contributed by atoms with Crippen molar-refractivity contribution in [1.29, 1.82) is 0 Å². The molecule has 0 aliphatic carbocycles. The normalized spacial score (nSPS) is 22.4. The fourth-order valence-corrected chi connectivity index (χ4v) is 2.81. The van der Waals surface area contributed by atoms with Gasteiger partial charge in [-0.25, -0.2) is 0 Å². The summed E-state index contributed by atoms with van der Waals surface area (Å²) in [6.45, 7) is 1.94. The Morgan fingerprint density at radius 3 is 2.60 bits per heavy atom. The van der Waals surface area contributed by atoms with E-state index in [1.165, 1.54) is 0 Å². The van der Waals surface area contributed by atoms with Gasteiger partial charge in [-0.3, -0.25) is 14.9 Å². The van der Waals surface area contributed by atoms with E-state index in [4.69, 9.17) is 9.47 Å². The third-order valence-electron chi connectivity index (χ3n) is 3.76. The lowest BCUT2D eigenvalue weighted by Gasteiger charge is -2.30. The number of amides is 2. The third kappa shape index (κ3) is 2.48. The highest BCUT2D eigenvalue weighted by molar-refractivity contribution is 6.00. The molecular formula is C15H19NO4. The number of imide groups is 1. The van der Waals surface area contributed by atoms with Crippen molar-refractivity contribution >= 4 is 11.8 Å². The molecule has 1 heterocycles. The van der Waals surface area contributed by atoms with Crippen molar-refractivity contribution < 1.29 is 19.1 Å². The van der Waals surface area contributed by atoms with Gasteiger partial charge in [-0.1, -0.05) is 19.1 Å². The van der Waals surface area contributed by atoms with E-state index >= 15 is 0 Å². The number of nitrogens with one attached hydrogen (secondary N) is 1. The van der Waals surface area contributed by atoms with Crippen LogP contribution in [0, 0.1) is 5.92 Å². The number of ether oxygens (including phenoxy) is 2. The first-order valence-electron chi connectivity index (χ1n) is 6.66. The number of hydrogen-bond acceptors (Lipinski definition) is 4. The molecule has 1 aromatic carbocycles. The average molecular weight is 277 g/mol. The summed E-state index contributed by atoms with van der Waals surface area (Å²) >= 11 is 0. The smallest absolute Gasteiger partial charge is 0.230 e. The Kier molecular flexibility index (Phi) is 4.27.